The van der Waals surface area contributed by atoms with Crippen molar-refractivity contribution in [1.29, 1.82) is 0 Å². The molecule has 0 atom stereocenters. The number of carbonyl (C=O) groups excluding carboxylic acids is 2. The average molecular weight is 355 g/mol. The summed E-state index contributed by atoms with van der Waals surface area (Å²) in [5.41, 5.74) is 1.54. The SMILES string of the molecule is CCOC(=O)c1nn(-c2ccccc2)cc1/C=C/C(=O)N1CCOCC1. The minimum Gasteiger partial charge on any atom is -0.461 e. The molecule has 7 nitrogen and oxygen atoms in total. The molecule has 0 aliphatic carbocycles. The molecule has 1 aromatic carbocycles. The van der Waals surface area contributed by atoms with Gasteiger partial charge < -0.3 is 14.4 Å². The van der Waals surface area contributed by atoms with Crippen LogP contribution in [0.15, 0.2) is 42.6 Å². The van der Waals surface area contributed by atoms with Crippen molar-refractivity contribution in [3.05, 3.63) is 53.9 Å². The Balaban J connectivity index is 1.86. The Morgan fingerprint density at radius 3 is 2.65 bits per heavy atom. The van der Waals surface area contributed by atoms with Crippen LogP contribution in [0.5, 0.6) is 0 Å². The molecule has 1 aliphatic rings. The molecule has 1 saturated heterocycles. The zero-order valence-electron chi connectivity index (χ0n) is 14.6. The largest absolute Gasteiger partial charge is 0.461 e. The third kappa shape index (κ3) is 4.18. The first-order valence-corrected chi connectivity index (χ1v) is 8.56. The number of hydrogen-bond acceptors (Lipinski definition) is 5. The second-order valence-corrected chi connectivity index (χ2v) is 5.70. The fraction of sp³-hybridized carbons (Fsp3) is 0.316. The van der Waals surface area contributed by atoms with E-state index in [1.165, 1.54) is 6.08 Å². The van der Waals surface area contributed by atoms with E-state index in [9.17, 15) is 9.59 Å². The molecular weight excluding hydrogens is 334 g/mol. The van der Waals surface area contributed by atoms with Crippen molar-refractivity contribution in [3.8, 4) is 5.69 Å². The molecule has 1 amide bonds. The second kappa shape index (κ2) is 8.44. The Bertz CT molecular complexity index is 792. The van der Waals surface area contributed by atoms with E-state index in [0.717, 1.165) is 5.69 Å². The van der Waals surface area contributed by atoms with Crippen molar-refractivity contribution >= 4 is 18.0 Å². The van der Waals surface area contributed by atoms with Crippen LogP contribution in [-0.2, 0) is 14.3 Å². The van der Waals surface area contributed by atoms with Gasteiger partial charge in [0.15, 0.2) is 5.69 Å². The van der Waals surface area contributed by atoms with E-state index < -0.39 is 5.97 Å². The standard InChI is InChI=1S/C19H21N3O4/c1-2-26-19(24)18-15(8-9-17(23)21-10-12-25-13-11-21)14-22(20-18)16-6-4-3-5-7-16/h3-9,14H,2,10-13H2,1H3/b9-8+. The Morgan fingerprint density at radius 1 is 1.23 bits per heavy atom. The quantitative estimate of drug-likeness (QED) is 0.605. The van der Waals surface area contributed by atoms with Crippen molar-refractivity contribution in [2.45, 2.75) is 6.92 Å². The van der Waals surface area contributed by atoms with Gasteiger partial charge >= 0.3 is 5.97 Å². The summed E-state index contributed by atoms with van der Waals surface area (Å²) < 4.78 is 11.9. The van der Waals surface area contributed by atoms with E-state index >= 15 is 0 Å². The van der Waals surface area contributed by atoms with Crippen LogP contribution < -0.4 is 0 Å². The number of aromatic nitrogens is 2. The van der Waals surface area contributed by atoms with E-state index in [2.05, 4.69) is 5.10 Å². The van der Waals surface area contributed by atoms with Crippen molar-refractivity contribution in [2.24, 2.45) is 0 Å². The number of para-hydroxylation sites is 1. The highest BCUT2D eigenvalue weighted by atomic mass is 16.5. The number of amides is 1. The molecule has 0 radical (unpaired) electrons. The summed E-state index contributed by atoms with van der Waals surface area (Å²) in [5.74, 6) is -0.628. The molecule has 1 aliphatic heterocycles. The van der Waals surface area contributed by atoms with Crippen LogP contribution in [0.4, 0.5) is 0 Å². The van der Waals surface area contributed by atoms with Crippen LogP contribution in [0.1, 0.15) is 23.0 Å². The third-order valence-corrected chi connectivity index (χ3v) is 3.96. The minimum atomic E-state index is -0.513. The molecule has 0 unspecified atom stereocenters. The average Bonchev–Trinajstić information content (AvgIpc) is 3.12. The fourth-order valence-corrected chi connectivity index (χ4v) is 2.63. The number of nitrogens with zero attached hydrogens (tertiary/aromatic N) is 3. The summed E-state index contributed by atoms with van der Waals surface area (Å²) in [5, 5.41) is 4.34. The summed E-state index contributed by atoms with van der Waals surface area (Å²) in [6.45, 7) is 4.21. The Morgan fingerprint density at radius 2 is 1.96 bits per heavy atom. The maximum Gasteiger partial charge on any atom is 0.359 e. The highest BCUT2D eigenvalue weighted by molar-refractivity contribution is 5.96. The van der Waals surface area contributed by atoms with Crippen molar-refractivity contribution < 1.29 is 19.1 Å². The van der Waals surface area contributed by atoms with Crippen molar-refractivity contribution in [3.63, 3.8) is 0 Å². The lowest BCUT2D eigenvalue weighted by atomic mass is 10.2. The van der Waals surface area contributed by atoms with Gasteiger partial charge in [-0.05, 0) is 25.1 Å². The molecule has 7 heteroatoms. The van der Waals surface area contributed by atoms with Crippen LogP contribution in [0.3, 0.4) is 0 Å². The molecule has 0 N–H and O–H groups in total. The Labute approximate surface area is 151 Å². The van der Waals surface area contributed by atoms with Gasteiger partial charge in [0.1, 0.15) is 0 Å². The van der Waals surface area contributed by atoms with Gasteiger partial charge in [0.25, 0.3) is 0 Å². The van der Waals surface area contributed by atoms with Gasteiger partial charge in [-0.15, -0.1) is 0 Å². The predicted molar refractivity (Wildman–Crippen MR) is 96.0 cm³/mol. The monoisotopic (exact) mass is 355 g/mol. The number of ether oxygens (including phenoxy) is 2. The topological polar surface area (TPSA) is 73.7 Å². The van der Waals surface area contributed by atoms with Gasteiger partial charge in [0, 0.05) is 30.9 Å². The summed E-state index contributed by atoms with van der Waals surface area (Å²) in [7, 11) is 0. The molecular formula is C19H21N3O4. The van der Waals surface area contributed by atoms with Crippen LogP contribution in [0.25, 0.3) is 11.8 Å². The van der Waals surface area contributed by atoms with E-state index in [-0.39, 0.29) is 18.2 Å². The summed E-state index contributed by atoms with van der Waals surface area (Å²) in [6, 6.07) is 9.45. The molecule has 0 bridgehead atoms. The maximum absolute atomic E-state index is 12.3. The second-order valence-electron chi connectivity index (χ2n) is 5.70. The first kappa shape index (κ1) is 17.9. The summed E-state index contributed by atoms with van der Waals surface area (Å²) in [6.07, 6.45) is 4.78. The third-order valence-electron chi connectivity index (χ3n) is 3.96. The normalized spacial score (nSPS) is 14.6. The summed E-state index contributed by atoms with van der Waals surface area (Å²) in [4.78, 5) is 26.2. The Kier molecular flexibility index (Phi) is 5.80. The van der Waals surface area contributed by atoms with Gasteiger partial charge in [-0.25, -0.2) is 9.48 Å². The lowest BCUT2D eigenvalue weighted by Gasteiger charge is -2.25. The molecule has 2 heterocycles. The highest BCUT2D eigenvalue weighted by Crippen LogP contribution is 2.15. The molecule has 136 valence electrons. The lowest BCUT2D eigenvalue weighted by molar-refractivity contribution is -0.129. The molecule has 3 rings (SSSR count). The Hall–Kier alpha value is -2.93. The number of morpholine rings is 1. The maximum atomic E-state index is 12.3. The van der Waals surface area contributed by atoms with Gasteiger partial charge in [0.2, 0.25) is 5.91 Å². The van der Waals surface area contributed by atoms with Crippen LogP contribution in [0, 0.1) is 0 Å². The number of rotatable bonds is 5. The van der Waals surface area contributed by atoms with Gasteiger partial charge in [-0.3, -0.25) is 4.79 Å². The number of hydrogen-bond donors (Lipinski definition) is 0. The lowest BCUT2D eigenvalue weighted by Crippen LogP contribution is -2.39. The van der Waals surface area contributed by atoms with Crippen molar-refractivity contribution in [1.82, 2.24) is 14.7 Å². The smallest absolute Gasteiger partial charge is 0.359 e. The van der Waals surface area contributed by atoms with Gasteiger partial charge in [0.05, 0.1) is 25.5 Å². The number of esters is 1. The van der Waals surface area contributed by atoms with E-state index in [0.29, 0.717) is 31.9 Å². The number of benzene rings is 1. The summed E-state index contributed by atoms with van der Waals surface area (Å²) >= 11 is 0. The van der Waals surface area contributed by atoms with Crippen LogP contribution >= 0.6 is 0 Å². The fourth-order valence-electron chi connectivity index (χ4n) is 2.63. The predicted octanol–water partition coefficient (Wildman–Crippen LogP) is 1.92. The molecule has 1 aromatic heterocycles. The van der Waals surface area contributed by atoms with E-state index in [1.54, 1.807) is 28.8 Å². The highest BCUT2D eigenvalue weighted by Gasteiger charge is 2.18. The van der Waals surface area contributed by atoms with Gasteiger partial charge in [-0.2, -0.15) is 5.10 Å². The van der Waals surface area contributed by atoms with Crippen LogP contribution in [0.2, 0.25) is 0 Å². The molecule has 1 fully saturated rings. The first-order chi connectivity index (χ1) is 12.7. The molecule has 26 heavy (non-hydrogen) atoms. The minimum absolute atomic E-state index is 0.115. The zero-order chi connectivity index (χ0) is 18.4. The zero-order valence-corrected chi connectivity index (χ0v) is 14.6. The first-order valence-electron chi connectivity index (χ1n) is 8.56. The number of carbonyl (C=O) groups is 2. The van der Waals surface area contributed by atoms with Crippen molar-refractivity contribution in [2.75, 3.05) is 32.9 Å². The van der Waals surface area contributed by atoms with E-state index in [1.807, 2.05) is 30.3 Å². The van der Waals surface area contributed by atoms with Crippen LogP contribution in [-0.4, -0.2) is 59.5 Å². The molecule has 0 spiro atoms. The molecule has 0 saturated carbocycles. The molecule has 2 aromatic rings. The van der Waals surface area contributed by atoms with E-state index in [4.69, 9.17) is 9.47 Å². The van der Waals surface area contributed by atoms with Gasteiger partial charge in [-0.1, -0.05) is 18.2 Å².